The van der Waals surface area contributed by atoms with Crippen molar-refractivity contribution in [1.29, 1.82) is 0 Å². The van der Waals surface area contributed by atoms with E-state index in [1.165, 1.54) is 24.1 Å². The molecule has 7 nitrogen and oxygen atoms in total. The van der Waals surface area contributed by atoms with Gasteiger partial charge in [0, 0.05) is 20.2 Å². The van der Waals surface area contributed by atoms with E-state index in [1.807, 2.05) is 24.3 Å². The number of benzene rings is 1. The molecule has 1 atom stereocenters. The normalized spacial score (nSPS) is 16.0. The number of nitrogens with zero attached hydrogens (tertiary/aromatic N) is 3. The third-order valence-electron chi connectivity index (χ3n) is 3.57. The maximum Gasteiger partial charge on any atom is 0.274 e. The highest BCUT2D eigenvalue weighted by atomic mass is 16.6. The molecule has 23 heavy (non-hydrogen) atoms. The highest BCUT2D eigenvalue weighted by Gasteiger charge is 2.24. The third-order valence-corrected chi connectivity index (χ3v) is 3.57. The van der Waals surface area contributed by atoms with Crippen LogP contribution in [0.2, 0.25) is 0 Å². The molecule has 0 aliphatic carbocycles. The van der Waals surface area contributed by atoms with Crippen molar-refractivity contribution in [3.63, 3.8) is 0 Å². The Morgan fingerprint density at radius 2 is 2.04 bits per heavy atom. The minimum absolute atomic E-state index is 0.215. The van der Waals surface area contributed by atoms with Crippen LogP contribution in [0.5, 0.6) is 11.5 Å². The SMILES string of the molecule is CN(CC1COc2ccccc2O1)C(=O)c1ccc(=O)n(C)n1. The molecule has 0 fully saturated rings. The Kier molecular flexibility index (Phi) is 4.01. The number of para-hydroxylation sites is 2. The van der Waals surface area contributed by atoms with E-state index in [2.05, 4.69) is 5.10 Å². The molecule has 0 saturated carbocycles. The molecule has 1 unspecified atom stereocenters. The van der Waals surface area contributed by atoms with Gasteiger partial charge >= 0.3 is 0 Å². The first kappa shape index (κ1) is 15.1. The molecule has 1 aliphatic heterocycles. The zero-order valence-electron chi connectivity index (χ0n) is 12.9. The van der Waals surface area contributed by atoms with Gasteiger partial charge < -0.3 is 14.4 Å². The lowest BCUT2D eigenvalue weighted by atomic mass is 10.2. The summed E-state index contributed by atoms with van der Waals surface area (Å²) in [6, 6.07) is 10.2. The molecule has 0 spiro atoms. The number of fused-ring (bicyclic) bond motifs is 1. The van der Waals surface area contributed by atoms with Crippen LogP contribution in [0.3, 0.4) is 0 Å². The first-order valence-corrected chi connectivity index (χ1v) is 7.23. The fraction of sp³-hybridized carbons (Fsp3) is 0.312. The Hall–Kier alpha value is -2.83. The molecule has 7 heteroatoms. The van der Waals surface area contributed by atoms with Crippen LogP contribution in [0.15, 0.2) is 41.2 Å². The smallest absolute Gasteiger partial charge is 0.274 e. The van der Waals surface area contributed by atoms with E-state index < -0.39 is 0 Å². The first-order chi connectivity index (χ1) is 11.0. The number of likely N-dealkylation sites (N-methyl/N-ethyl adjacent to an activating group) is 1. The van der Waals surface area contributed by atoms with Crippen molar-refractivity contribution in [3.8, 4) is 11.5 Å². The topological polar surface area (TPSA) is 73.7 Å². The molecule has 3 rings (SSSR count). The Bertz CT molecular complexity index is 787. The fourth-order valence-electron chi connectivity index (χ4n) is 2.35. The molecule has 0 N–H and O–H groups in total. The van der Waals surface area contributed by atoms with Gasteiger partial charge in [-0.25, -0.2) is 4.68 Å². The fourth-order valence-corrected chi connectivity index (χ4v) is 2.35. The predicted molar refractivity (Wildman–Crippen MR) is 82.8 cm³/mol. The van der Waals surface area contributed by atoms with Gasteiger partial charge in [0.15, 0.2) is 17.6 Å². The molecule has 120 valence electrons. The first-order valence-electron chi connectivity index (χ1n) is 7.23. The lowest BCUT2D eigenvalue weighted by molar-refractivity contribution is 0.0516. The summed E-state index contributed by atoms with van der Waals surface area (Å²) in [4.78, 5) is 25.2. The van der Waals surface area contributed by atoms with Gasteiger partial charge in [-0.05, 0) is 18.2 Å². The maximum atomic E-state index is 12.4. The zero-order chi connectivity index (χ0) is 16.4. The Balaban J connectivity index is 1.67. The summed E-state index contributed by atoms with van der Waals surface area (Å²) in [6.07, 6.45) is -0.258. The highest BCUT2D eigenvalue weighted by molar-refractivity contribution is 5.91. The van der Waals surface area contributed by atoms with E-state index >= 15 is 0 Å². The van der Waals surface area contributed by atoms with Crippen molar-refractivity contribution in [2.45, 2.75) is 6.10 Å². The minimum atomic E-state index is -0.275. The van der Waals surface area contributed by atoms with E-state index in [1.54, 1.807) is 7.05 Å². The summed E-state index contributed by atoms with van der Waals surface area (Å²) in [5.74, 6) is 1.10. The molecule has 1 aliphatic rings. The van der Waals surface area contributed by atoms with Gasteiger partial charge in [-0.3, -0.25) is 9.59 Å². The van der Waals surface area contributed by atoms with E-state index in [0.29, 0.717) is 24.7 Å². The number of hydrogen-bond acceptors (Lipinski definition) is 5. The summed E-state index contributed by atoms with van der Waals surface area (Å²) in [7, 11) is 3.17. The zero-order valence-corrected chi connectivity index (χ0v) is 12.9. The van der Waals surface area contributed by atoms with Crippen molar-refractivity contribution >= 4 is 5.91 Å². The van der Waals surface area contributed by atoms with Crippen molar-refractivity contribution in [1.82, 2.24) is 14.7 Å². The van der Waals surface area contributed by atoms with Crippen LogP contribution >= 0.6 is 0 Å². The average Bonchev–Trinajstić information content (AvgIpc) is 2.56. The quantitative estimate of drug-likeness (QED) is 0.833. The van der Waals surface area contributed by atoms with Crippen molar-refractivity contribution in [3.05, 3.63) is 52.4 Å². The number of carbonyl (C=O) groups excluding carboxylic acids is 1. The van der Waals surface area contributed by atoms with Crippen LogP contribution in [0, 0.1) is 0 Å². The van der Waals surface area contributed by atoms with Crippen LogP contribution in [0.4, 0.5) is 0 Å². The van der Waals surface area contributed by atoms with Gasteiger partial charge in [-0.15, -0.1) is 0 Å². The molecule has 1 aromatic carbocycles. The molecule has 1 amide bonds. The Labute approximate surface area is 133 Å². The highest BCUT2D eigenvalue weighted by Crippen LogP contribution is 2.30. The van der Waals surface area contributed by atoms with E-state index in [4.69, 9.17) is 9.47 Å². The molecule has 1 aromatic heterocycles. The summed E-state index contributed by atoms with van der Waals surface area (Å²) >= 11 is 0. The molecular formula is C16H17N3O4. The minimum Gasteiger partial charge on any atom is -0.486 e. The van der Waals surface area contributed by atoms with Crippen LogP contribution in [-0.2, 0) is 7.05 Å². The van der Waals surface area contributed by atoms with E-state index in [9.17, 15) is 9.59 Å². The summed E-state index contributed by atoms with van der Waals surface area (Å²) in [5, 5.41) is 3.96. The summed E-state index contributed by atoms with van der Waals surface area (Å²) in [5.41, 5.74) is -0.0449. The molecule has 0 saturated heterocycles. The van der Waals surface area contributed by atoms with E-state index in [-0.39, 0.29) is 23.3 Å². The van der Waals surface area contributed by atoms with Crippen molar-refractivity contribution < 1.29 is 14.3 Å². The standard InChI is InChI=1S/C16H17N3O4/c1-18(16(21)12-7-8-15(20)19(2)17-12)9-11-10-22-13-5-3-4-6-14(13)23-11/h3-8,11H,9-10H2,1-2H3. The second-order valence-corrected chi connectivity index (χ2v) is 5.36. The van der Waals surface area contributed by atoms with Crippen molar-refractivity contribution in [2.75, 3.05) is 20.2 Å². The number of aryl methyl sites for hydroxylation is 1. The van der Waals surface area contributed by atoms with Crippen LogP contribution in [-0.4, -0.2) is 46.9 Å². The number of carbonyl (C=O) groups is 1. The number of hydrogen-bond donors (Lipinski definition) is 0. The van der Waals surface area contributed by atoms with Crippen LogP contribution in [0.1, 0.15) is 10.5 Å². The Morgan fingerprint density at radius 3 is 2.78 bits per heavy atom. The largest absolute Gasteiger partial charge is 0.486 e. The average molecular weight is 315 g/mol. The molecule has 0 radical (unpaired) electrons. The Morgan fingerprint density at radius 1 is 1.30 bits per heavy atom. The third kappa shape index (κ3) is 3.18. The number of rotatable bonds is 3. The predicted octanol–water partition coefficient (Wildman–Crippen LogP) is 0.692. The molecule has 2 aromatic rings. The van der Waals surface area contributed by atoms with Gasteiger partial charge in [0.25, 0.3) is 11.5 Å². The maximum absolute atomic E-state index is 12.4. The van der Waals surface area contributed by atoms with Gasteiger partial charge in [0.1, 0.15) is 12.3 Å². The van der Waals surface area contributed by atoms with Gasteiger partial charge in [-0.2, -0.15) is 5.10 Å². The monoisotopic (exact) mass is 315 g/mol. The van der Waals surface area contributed by atoms with Crippen molar-refractivity contribution in [2.24, 2.45) is 7.05 Å². The second kappa shape index (κ2) is 6.12. The molecular weight excluding hydrogens is 298 g/mol. The molecule has 2 heterocycles. The summed E-state index contributed by atoms with van der Waals surface area (Å²) < 4.78 is 12.6. The lowest BCUT2D eigenvalue weighted by Gasteiger charge is -2.29. The number of amides is 1. The molecule has 0 bridgehead atoms. The van der Waals surface area contributed by atoms with Gasteiger partial charge in [-0.1, -0.05) is 12.1 Å². The van der Waals surface area contributed by atoms with Gasteiger partial charge in [0.2, 0.25) is 0 Å². The second-order valence-electron chi connectivity index (χ2n) is 5.36. The van der Waals surface area contributed by atoms with Gasteiger partial charge in [0.05, 0.1) is 6.54 Å². The summed E-state index contributed by atoms with van der Waals surface area (Å²) in [6.45, 7) is 0.729. The van der Waals surface area contributed by atoms with Crippen LogP contribution < -0.4 is 15.0 Å². The number of ether oxygens (including phenoxy) is 2. The van der Waals surface area contributed by atoms with E-state index in [0.717, 1.165) is 4.68 Å². The van der Waals surface area contributed by atoms with Crippen LogP contribution in [0.25, 0.3) is 0 Å². The number of aromatic nitrogens is 2. The lowest BCUT2D eigenvalue weighted by Crippen LogP contribution is -2.42.